The number of benzene rings is 1. The molecule has 0 bridgehead atoms. The van der Waals surface area contributed by atoms with E-state index in [0.29, 0.717) is 13.2 Å². The highest BCUT2D eigenvalue weighted by atomic mass is 16.5. The normalized spacial score (nSPS) is 12.8. The average molecular weight is 223 g/mol. The molecule has 2 N–H and O–H groups in total. The fourth-order valence-electron chi connectivity index (χ4n) is 1.54. The second kappa shape index (κ2) is 6.51. The Morgan fingerprint density at radius 3 is 2.25 bits per heavy atom. The van der Waals surface area contributed by atoms with E-state index >= 15 is 0 Å². The Kier molecular flexibility index (Phi) is 5.29. The summed E-state index contributed by atoms with van der Waals surface area (Å²) in [6, 6.07) is 7.91. The summed E-state index contributed by atoms with van der Waals surface area (Å²) in [7, 11) is 0. The van der Waals surface area contributed by atoms with Gasteiger partial charge in [0, 0.05) is 6.54 Å². The summed E-state index contributed by atoms with van der Waals surface area (Å²) >= 11 is 0. The van der Waals surface area contributed by atoms with Crippen molar-refractivity contribution in [2.45, 2.75) is 33.0 Å². The molecule has 0 fully saturated rings. The highest BCUT2D eigenvalue weighted by Gasteiger charge is 2.11. The highest BCUT2D eigenvalue weighted by Crippen LogP contribution is 2.21. The van der Waals surface area contributed by atoms with Crippen molar-refractivity contribution in [2.75, 3.05) is 13.2 Å². The molecule has 90 valence electrons. The van der Waals surface area contributed by atoms with Gasteiger partial charge in [-0.05, 0) is 38.5 Å². The first-order valence-corrected chi connectivity index (χ1v) is 5.75. The van der Waals surface area contributed by atoms with Crippen LogP contribution < -0.4 is 10.5 Å². The molecule has 0 spiro atoms. The van der Waals surface area contributed by atoms with Gasteiger partial charge in [-0.15, -0.1) is 0 Å². The maximum Gasteiger partial charge on any atom is 0.119 e. The SMILES string of the molecule is CCOc1ccc(C(CN)OC(C)C)cc1. The minimum absolute atomic E-state index is 0.0318. The average Bonchev–Trinajstić information content (AvgIpc) is 2.27. The Morgan fingerprint density at radius 1 is 1.19 bits per heavy atom. The van der Waals surface area contributed by atoms with Crippen LogP contribution in [0.3, 0.4) is 0 Å². The molecule has 3 nitrogen and oxygen atoms in total. The quantitative estimate of drug-likeness (QED) is 0.806. The van der Waals surface area contributed by atoms with Gasteiger partial charge in [-0.25, -0.2) is 0 Å². The van der Waals surface area contributed by atoms with Gasteiger partial charge in [0.25, 0.3) is 0 Å². The van der Waals surface area contributed by atoms with Gasteiger partial charge in [0.1, 0.15) is 5.75 Å². The Balaban J connectivity index is 2.70. The lowest BCUT2D eigenvalue weighted by Crippen LogP contribution is -2.19. The molecular weight excluding hydrogens is 202 g/mol. The maximum absolute atomic E-state index is 5.72. The molecule has 3 heteroatoms. The molecule has 0 heterocycles. The summed E-state index contributed by atoms with van der Waals surface area (Å²) in [5, 5.41) is 0. The van der Waals surface area contributed by atoms with Gasteiger partial charge in [-0.3, -0.25) is 0 Å². The largest absolute Gasteiger partial charge is 0.494 e. The van der Waals surface area contributed by atoms with Crippen LogP contribution in [-0.2, 0) is 4.74 Å². The number of ether oxygens (including phenoxy) is 2. The van der Waals surface area contributed by atoms with Crippen molar-refractivity contribution in [3.8, 4) is 5.75 Å². The topological polar surface area (TPSA) is 44.5 Å². The number of nitrogens with two attached hydrogens (primary N) is 1. The van der Waals surface area contributed by atoms with Crippen molar-refractivity contribution >= 4 is 0 Å². The van der Waals surface area contributed by atoms with Gasteiger partial charge in [0.05, 0.1) is 18.8 Å². The van der Waals surface area contributed by atoms with Gasteiger partial charge < -0.3 is 15.2 Å². The van der Waals surface area contributed by atoms with E-state index in [1.54, 1.807) is 0 Å². The van der Waals surface area contributed by atoms with Crippen LogP contribution in [0.5, 0.6) is 5.75 Å². The van der Waals surface area contributed by atoms with Crippen LogP contribution in [0.1, 0.15) is 32.4 Å². The third-order valence-corrected chi connectivity index (χ3v) is 2.21. The third kappa shape index (κ3) is 3.83. The zero-order valence-corrected chi connectivity index (χ0v) is 10.3. The van der Waals surface area contributed by atoms with Crippen molar-refractivity contribution in [2.24, 2.45) is 5.73 Å². The van der Waals surface area contributed by atoms with E-state index in [-0.39, 0.29) is 12.2 Å². The van der Waals surface area contributed by atoms with E-state index in [1.165, 1.54) is 0 Å². The van der Waals surface area contributed by atoms with E-state index in [1.807, 2.05) is 45.0 Å². The molecular formula is C13H21NO2. The highest BCUT2D eigenvalue weighted by molar-refractivity contribution is 5.28. The van der Waals surface area contributed by atoms with E-state index < -0.39 is 0 Å². The summed E-state index contributed by atoms with van der Waals surface area (Å²) < 4.78 is 11.1. The predicted molar refractivity (Wildman–Crippen MR) is 65.6 cm³/mol. The van der Waals surface area contributed by atoms with Crippen LogP contribution in [0.4, 0.5) is 0 Å². The van der Waals surface area contributed by atoms with Crippen LogP contribution in [0.25, 0.3) is 0 Å². The van der Waals surface area contributed by atoms with Crippen molar-refractivity contribution < 1.29 is 9.47 Å². The summed E-state index contributed by atoms with van der Waals surface area (Å²) in [4.78, 5) is 0. The molecule has 0 aromatic heterocycles. The minimum Gasteiger partial charge on any atom is -0.494 e. The first-order chi connectivity index (χ1) is 7.67. The molecule has 0 aliphatic heterocycles. The molecule has 1 unspecified atom stereocenters. The number of rotatable bonds is 6. The van der Waals surface area contributed by atoms with E-state index in [4.69, 9.17) is 15.2 Å². The van der Waals surface area contributed by atoms with Crippen molar-refractivity contribution in [3.05, 3.63) is 29.8 Å². The summed E-state index contributed by atoms with van der Waals surface area (Å²) in [6.45, 7) is 7.17. The van der Waals surface area contributed by atoms with Gasteiger partial charge in [0.15, 0.2) is 0 Å². The lowest BCUT2D eigenvalue weighted by atomic mass is 10.1. The lowest BCUT2D eigenvalue weighted by Gasteiger charge is -2.19. The van der Waals surface area contributed by atoms with Crippen LogP contribution in [0, 0.1) is 0 Å². The second-order valence-corrected chi connectivity index (χ2v) is 3.91. The molecule has 0 amide bonds. The van der Waals surface area contributed by atoms with Gasteiger partial charge in [0.2, 0.25) is 0 Å². The van der Waals surface area contributed by atoms with Crippen molar-refractivity contribution in [1.29, 1.82) is 0 Å². The van der Waals surface area contributed by atoms with E-state index in [0.717, 1.165) is 11.3 Å². The number of hydrogen-bond donors (Lipinski definition) is 1. The first-order valence-electron chi connectivity index (χ1n) is 5.75. The lowest BCUT2D eigenvalue weighted by molar-refractivity contribution is 0.0119. The molecule has 1 atom stereocenters. The molecule has 1 rings (SSSR count). The second-order valence-electron chi connectivity index (χ2n) is 3.91. The van der Waals surface area contributed by atoms with Crippen molar-refractivity contribution in [1.82, 2.24) is 0 Å². The van der Waals surface area contributed by atoms with Gasteiger partial charge in [-0.1, -0.05) is 12.1 Å². The summed E-state index contributed by atoms with van der Waals surface area (Å²) in [5.74, 6) is 0.881. The van der Waals surface area contributed by atoms with Crippen LogP contribution in [-0.4, -0.2) is 19.3 Å². The molecule has 0 aliphatic rings. The zero-order valence-electron chi connectivity index (χ0n) is 10.3. The van der Waals surface area contributed by atoms with Gasteiger partial charge >= 0.3 is 0 Å². The fraction of sp³-hybridized carbons (Fsp3) is 0.538. The maximum atomic E-state index is 5.72. The Hall–Kier alpha value is -1.06. The van der Waals surface area contributed by atoms with Crippen LogP contribution >= 0.6 is 0 Å². The first kappa shape index (κ1) is 13.0. The zero-order chi connectivity index (χ0) is 12.0. The molecule has 0 radical (unpaired) electrons. The summed E-state index contributed by atoms with van der Waals surface area (Å²) in [5.41, 5.74) is 6.79. The Bertz CT molecular complexity index is 295. The van der Waals surface area contributed by atoms with Gasteiger partial charge in [-0.2, -0.15) is 0 Å². The van der Waals surface area contributed by atoms with Crippen LogP contribution in [0.2, 0.25) is 0 Å². The number of hydrogen-bond acceptors (Lipinski definition) is 3. The smallest absolute Gasteiger partial charge is 0.119 e. The Labute approximate surface area is 97.6 Å². The molecule has 0 saturated heterocycles. The molecule has 0 saturated carbocycles. The molecule has 0 aliphatic carbocycles. The van der Waals surface area contributed by atoms with Crippen molar-refractivity contribution in [3.63, 3.8) is 0 Å². The van der Waals surface area contributed by atoms with E-state index in [2.05, 4.69) is 0 Å². The molecule has 1 aromatic carbocycles. The van der Waals surface area contributed by atoms with Crippen LogP contribution in [0.15, 0.2) is 24.3 Å². The fourth-order valence-corrected chi connectivity index (χ4v) is 1.54. The standard InChI is InChI=1S/C13H21NO2/c1-4-15-12-7-5-11(6-8-12)13(9-14)16-10(2)3/h5-8,10,13H,4,9,14H2,1-3H3. The minimum atomic E-state index is -0.0318. The monoisotopic (exact) mass is 223 g/mol. The van der Waals surface area contributed by atoms with E-state index in [9.17, 15) is 0 Å². The molecule has 16 heavy (non-hydrogen) atoms. The Morgan fingerprint density at radius 2 is 1.81 bits per heavy atom. The third-order valence-electron chi connectivity index (χ3n) is 2.21. The summed E-state index contributed by atoms with van der Waals surface area (Å²) in [6.07, 6.45) is 0.149. The predicted octanol–water partition coefficient (Wildman–Crippen LogP) is 2.51. The molecule has 1 aromatic rings.